The second-order valence-corrected chi connectivity index (χ2v) is 7.56. The molecule has 1 amide bonds. The largest absolute Gasteiger partial charge is 0.326 e. The Morgan fingerprint density at radius 1 is 1.15 bits per heavy atom. The van der Waals surface area contributed by atoms with Crippen molar-refractivity contribution in [3.05, 3.63) is 70.1 Å². The van der Waals surface area contributed by atoms with Gasteiger partial charge in [-0.3, -0.25) is 4.79 Å². The van der Waals surface area contributed by atoms with E-state index in [-0.39, 0.29) is 5.91 Å². The number of benzene rings is 2. The van der Waals surface area contributed by atoms with E-state index in [4.69, 9.17) is 11.6 Å². The van der Waals surface area contributed by atoms with Crippen molar-refractivity contribution < 1.29 is 4.79 Å². The minimum atomic E-state index is -0.153. The van der Waals surface area contributed by atoms with Gasteiger partial charge in [0.05, 0.1) is 20.8 Å². The second kappa shape index (κ2) is 6.59. The number of rotatable bonds is 3. The first-order valence-electron chi connectivity index (χ1n) is 8.12. The quantitative estimate of drug-likeness (QED) is 0.508. The lowest BCUT2D eigenvalue weighted by atomic mass is 10.2. The van der Waals surface area contributed by atoms with Crippen molar-refractivity contribution in [3.63, 3.8) is 0 Å². The molecule has 2 aromatic heterocycles. The van der Waals surface area contributed by atoms with Gasteiger partial charge in [0, 0.05) is 17.8 Å². The summed E-state index contributed by atoms with van der Waals surface area (Å²) >= 11 is 7.55. The summed E-state index contributed by atoms with van der Waals surface area (Å²) in [4.78, 5) is 18.8. The van der Waals surface area contributed by atoms with Crippen LogP contribution in [0, 0.1) is 6.92 Å². The Kier molecular flexibility index (Phi) is 4.26. The number of nitrogens with zero attached hydrogens (tertiary/aromatic N) is 2. The Bertz CT molecular complexity index is 1130. The van der Waals surface area contributed by atoms with Crippen LogP contribution >= 0.6 is 22.9 Å². The maximum atomic E-state index is 12.5. The maximum absolute atomic E-state index is 12.5. The van der Waals surface area contributed by atoms with Crippen LogP contribution in [0.15, 0.2) is 54.6 Å². The molecule has 1 N–H and O–H groups in total. The first-order chi connectivity index (χ1) is 12.5. The molecule has 4 rings (SSSR count). The SMILES string of the molecule is Cc1ccc(NC(=O)c2ccc(-c3nc4ccccc4n3C)s2)cc1Cl. The lowest BCUT2D eigenvalue weighted by Gasteiger charge is -2.05. The molecule has 2 heterocycles. The van der Waals surface area contributed by atoms with E-state index in [2.05, 4.69) is 10.3 Å². The minimum absolute atomic E-state index is 0.153. The van der Waals surface area contributed by atoms with Crippen LogP contribution in [0.5, 0.6) is 0 Å². The maximum Gasteiger partial charge on any atom is 0.265 e. The summed E-state index contributed by atoms with van der Waals surface area (Å²) in [5.41, 5.74) is 3.67. The van der Waals surface area contributed by atoms with Crippen LogP contribution in [0.3, 0.4) is 0 Å². The third kappa shape index (κ3) is 3.00. The molecule has 0 saturated heterocycles. The number of hydrogen-bond acceptors (Lipinski definition) is 3. The molecule has 26 heavy (non-hydrogen) atoms. The molecule has 130 valence electrons. The monoisotopic (exact) mass is 381 g/mol. The number of carbonyl (C=O) groups is 1. The Labute approximate surface area is 160 Å². The van der Waals surface area contributed by atoms with Gasteiger partial charge in [-0.25, -0.2) is 4.98 Å². The highest BCUT2D eigenvalue weighted by Crippen LogP contribution is 2.30. The second-order valence-electron chi connectivity index (χ2n) is 6.07. The lowest BCUT2D eigenvalue weighted by molar-refractivity contribution is 0.103. The summed E-state index contributed by atoms with van der Waals surface area (Å²) in [5, 5.41) is 3.53. The van der Waals surface area contributed by atoms with Gasteiger partial charge in [0.2, 0.25) is 0 Å². The Balaban J connectivity index is 1.61. The first kappa shape index (κ1) is 16.8. The molecule has 0 fully saturated rings. The average Bonchev–Trinajstić information content (AvgIpc) is 3.24. The van der Waals surface area contributed by atoms with Crippen molar-refractivity contribution in [1.29, 1.82) is 0 Å². The summed E-state index contributed by atoms with van der Waals surface area (Å²) in [5.74, 6) is 0.702. The van der Waals surface area contributed by atoms with Gasteiger partial charge in [-0.05, 0) is 48.9 Å². The number of para-hydroxylation sites is 2. The van der Waals surface area contributed by atoms with Gasteiger partial charge in [-0.2, -0.15) is 0 Å². The fraction of sp³-hybridized carbons (Fsp3) is 0.100. The number of aryl methyl sites for hydroxylation is 2. The molecule has 0 spiro atoms. The van der Waals surface area contributed by atoms with E-state index in [0.717, 1.165) is 27.3 Å². The van der Waals surface area contributed by atoms with Crippen LogP contribution in [0.25, 0.3) is 21.7 Å². The van der Waals surface area contributed by atoms with Crippen molar-refractivity contribution in [2.75, 3.05) is 5.32 Å². The van der Waals surface area contributed by atoms with Crippen molar-refractivity contribution in [2.24, 2.45) is 7.05 Å². The summed E-state index contributed by atoms with van der Waals surface area (Å²) in [6.45, 7) is 1.93. The van der Waals surface area contributed by atoms with Gasteiger partial charge in [-0.15, -0.1) is 11.3 Å². The Morgan fingerprint density at radius 2 is 1.96 bits per heavy atom. The standard InChI is InChI=1S/C20H16ClN3OS/c1-12-7-8-13(11-14(12)21)22-20(25)18-10-9-17(26-18)19-23-15-5-3-4-6-16(15)24(19)2/h3-11H,1-2H3,(H,22,25). The summed E-state index contributed by atoms with van der Waals surface area (Å²) in [6, 6.07) is 17.2. The molecule has 0 atom stereocenters. The van der Waals surface area contributed by atoms with E-state index in [1.54, 1.807) is 6.07 Å². The third-order valence-corrected chi connectivity index (χ3v) is 5.75. The van der Waals surface area contributed by atoms with Crippen LogP contribution in [0.1, 0.15) is 15.2 Å². The van der Waals surface area contributed by atoms with E-state index >= 15 is 0 Å². The molecule has 0 aliphatic heterocycles. The fourth-order valence-corrected chi connectivity index (χ4v) is 3.92. The summed E-state index contributed by atoms with van der Waals surface area (Å²) in [6.07, 6.45) is 0. The molecule has 0 aliphatic rings. The highest BCUT2D eigenvalue weighted by molar-refractivity contribution is 7.17. The van der Waals surface area contributed by atoms with E-state index in [9.17, 15) is 4.79 Å². The topological polar surface area (TPSA) is 46.9 Å². The van der Waals surface area contributed by atoms with Crippen LogP contribution in [0.2, 0.25) is 5.02 Å². The number of nitrogens with one attached hydrogen (secondary N) is 1. The highest BCUT2D eigenvalue weighted by atomic mass is 35.5. The number of imidazole rings is 1. The number of halogens is 1. The van der Waals surface area contributed by atoms with Gasteiger partial charge in [0.1, 0.15) is 0 Å². The van der Waals surface area contributed by atoms with Gasteiger partial charge in [0.25, 0.3) is 5.91 Å². The summed E-state index contributed by atoms with van der Waals surface area (Å²) < 4.78 is 2.04. The zero-order chi connectivity index (χ0) is 18.3. The molecule has 4 nitrogen and oxygen atoms in total. The van der Waals surface area contributed by atoms with Crippen LogP contribution in [-0.4, -0.2) is 15.5 Å². The molecule has 6 heteroatoms. The van der Waals surface area contributed by atoms with Crippen molar-refractivity contribution >= 4 is 45.6 Å². The number of hydrogen-bond donors (Lipinski definition) is 1. The zero-order valence-electron chi connectivity index (χ0n) is 14.3. The van der Waals surface area contributed by atoms with E-state index < -0.39 is 0 Å². The minimum Gasteiger partial charge on any atom is -0.326 e. The molecule has 0 aliphatic carbocycles. The van der Waals surface area contributed by atoms with Crippen molar-refractivity contribution in [1.82, 2.24) is 9.55 Å². The Hall–Kier alpha value is -2.63. The fourth-order valence-electron chi connectivity index (χ4n) is 2.81. The average molecular weight is 382 g/mol. The molecule has 0 unspecified atom stereocenters. The number of fused-ring (bicyclic) bond motifs is 1. The lowest BCUT2D eigenvalue weighted by Crippen LogP contribution is -2.09. The van der Waals surface area contributed by atoms with Crippen molar-refractivity contribution in [2.45, 2.75) is 6.92 Å². The Morgan fingerprint density at radius 3 is 2.73 bits per heavy atom. The molecular weight excluding hydrogens is 366 g/mol. The van der Waals surface area contributed by atoms with Crippen LogP contribution in [0.4, 0.5) is 5.69 Å². The molecule has 0 radical (unpaired) electrons. The van der Waals surface area contributed by atoms with Crippen LogP contribution < -0.4 is 5.32 Å². The van der Waals surface area contributed by atoms with Gasteiger partial charge in [-0.1, -0.05) is 29.8 Å². The summed E-state index contributed by atoms with van der Waals surface area (Å²) in [7, 11) is 1.98. The van der Waals surface area contributed by atoms with E-state index in [0.29, 0.717) is 15.6 Å². The van der Waals surface area contributed by atoms with E-state index in [1.807, 2.05) is 67.1 Å². The molecular formula is C20H16ClN3OS. The smallest absolute Gasteiger partial charge is 0.265 e. The number of carbonyl (C=O) groups excluding carboxylic acids is 1. The van der Waals surface area contributed by atoms with Gasteiger partial charge >= 0.3 is 0 Å². The zero-order valence-corrected chi connectivity index (χ0v) is 15.9. The van der Waals surface area contributed by atoms with Crippen LogP contribution in [-0.2, 0) is 7.05 Å². The molecule has 0 bridgehead atoms. The van der Waals surface area contributed by atoms with E-state index in [1.165, 1.54) is 11.3 Å². The molecule has 2 aromatic carbocycles. The number of amides is 1. The number of anilines is 1. The van der Waals surface area contributed by atoms with Gasteiger partial charge < -0.3 is 9.88 Å². The molecule has 4 aromatic rings. The normalized spacial score (nSPS) is 11.0. The molecule has 0 saturated carbocycles. The van der Waals surface area contributed by atoms with Gasteiger partial charge in [0.15, 0.2) is 5.82 Å². The number of thiophene rings is 1. The first-order valence-corrected chi connectivity index (χ1v) is 9.31. The third-order valence-electron chi connectivity index (χ3n) is 4.27. The highest BCUT2D eigenvalue weighted by Gasteiger charge is 2.15. The number of aromatic nitrogens is 2. The van der Waals surface area contributed by atoms with Crippen molar-refractivity contribution in [3.8, 4) is 10.7 Å². The predicted octanol–water partition coefficient (Wildman–Crippen LogP) is 5.52. The predicted molar refractivity (Wildman–Crippen MR) is 108 cm³/mol.